The zero-order valence-electron chi connectivity index (χ0n) is 8.32. The Morgan fingerprint density at radius 3 is 2.92 bits per heavy atom. The van der Waals surface area contributed by atoms with Crippen LogP contribution in [0.25, 0.3) is 0 Å². The molecule has 2 N–H and O–H groups in total. The summed E-state index contributed by atoms with van der Waals surface area (Å²) in [6.07, 6.45) is 1.68. The first kappa shape index (κ1) is 10.5. The Bertz CT molecular complexity index is 184. The largest absolute Gasteiger partial charge is 0.372 e. The Balaban J connectivity index is 2.46. The lowest BCUT2D eigenvalue weighted by atomic mass is 10.1. The minimum absolute atomic E-state index is 0.0534. The molecule has 2 atom stereocenters. The molecule has 1 aliphatic heterocycles. The van der Waals surface area contributed by atoms with Crippen molar-refractivity contribution in [3.05, 3.63) is 0 Å². The quantitative estimate of drug-likeness (QED) is 0.659. The third-order valence-corrected chi connectivity index (χ3v) is 2.47. The van der Waals surface area contributed by atoms with Crippen molar-refractivity contribution in [2.75, 3.05) is 20.2 Å². The summed E-state index contributed by atoms with van der Waals surface area (Å²) < 4.78 is 4.97. The molecule has 1 saturated heterocycles. The number of piperidine rings is 1. The third-order valence-electron chi connectivity index (χ3n) is 2.47. The lowest BCUT2D eigenvalue weighted by Crippen LogP contribution is -2.48. The summed E-state index contributed by atoms with van der Waals surface area (Å²) in [4.78, 5) is 13.4. The van der Waals surface area contributed by atoms with Crippen molar-refractivity contribution in [2.45, 2.75) is 31.9 Å². The van der Waals surface area contributed by atoms with Crippen LogP contribution in [0, 0.1) is 0 Å². The molecule has 1 fully saturated rings. The van der Waals surface area contributed by atoms with Crippen LogP contribution in [-0.2, 0) is 9.53 Å². The molecule has 76 valence electrons. The van der Waals surface area contributed by atoms with E-state index in [-0.39, 0.29) is 18.1 Å². The zero-order valence-corrected chi connectivity index (χ0v) is 8.32. The van der Waals surface area contributed by atoms with Crippen LogP contribution in [0.15, 0.2) is 0 Å². The molecule has 0 aromatic heterocycles. The van der Waals surface area contributed by atoms with Gasteiger partial charge in [0, 0.05) is 26.2 Å². The van der Waals surface area contributed by atoms with Crippen molar-refractivity contribution in [3.8, 4) is 0 Å². The molecule has 1 heterocycles. The molecular weight excluding hydrogens is 168 g/mol. The lowest BCUT2D eigenvalue weighted by molar-refractivity contribution is -0.142. The average molecular weight is 186 g/mol. The summed E-state index contributed by atoms with van der Waals surface area (Å²) in [5, 5.41) is 0. The number of rotatable bonds is 2. The Hall–Kier alpha value is -0.610. The van der Waals surface area contributed by atoms with E-state index in [0.29, 0.717) is 6.54 Å². The molecular formula is C9H18N2O2. The van der Waals surface area contributed by atoms with Gasteiger partial charge in [0.15, 0.2) is 0 Å². The van der Waals surface area contributed by atoms with Crippen LogP contribution in [0.4, 0.5) is 0 Å². The number of carbonyl (C=O) groups excluding carboxylic acids is 1. The Kier molecular flexibility index (Phi) is 3.69. The number of carbonyl (C=O) groups is 1. The minimum Gasteiger partial charge on any atom is -0.372 e. The number of hydrogen-bond donors (Lipinski definition) is 1. The Morgan fingerprint density at radius 1 is 1.69 bits per heavy atom. The van der Waals surface area contributed by atoms with E-state index in [9.17, 15) is 4.79 Å². The summed E-state index contributed by atoms with van der Waals surface area (Å²) in [5.41, 5.74) is 5.77. The molecule has 2 unspecified atom stereocenters. The normalized spacial score (nSPS) is 25.8. The van der Waals surface area contributed by atoms with Gasteiger partial charge in [-0.15, -0.1) is 0 Å². The van der Waals surface area contributed by atoms with Crippen molar-refractivity contribution in [1.82, 2.24) is 4.90 Å². The highest BCUT2D eigenvalue weighted by Gasteiger charge is 2.24. The summed E-state index contributed by atoms with van der Waals surface area (Å²) in [7, 11) is 1.55. The summed E-state index contributed by atoms with van der Waals surface area (Å²) in [6, 6.07) is 0.141. The van der Waals surface area contributed by atoms with E-state index in [2.05, 4.69) is 0 Å². The van der Waals surface area contributed by atoms with Crippen LogP contribution in [0.2, 0.25) is 0 Å². The van der Waals surface area contributed by atoms with Crippen LogP contribution in [-0.4, -0.2) is 43.2 Å². The van der Waals surface area contributed by atoms with Crippen molar-refractivity contribution in [2.24, 2.45) is 5.73 Å². The van der Waals surface area contributed by atoms with E-state index in [1.165, 1.54) is 0 Å². The molecule has 1 aliphatic rings. The first-order valence-electron chi connectivity index (χ1n) is 4.72. The average Bonchev–Trinajstić information content (AvgIpc) is 2.15. The highest BCUT2D eigenvalue weighted by molar-refractivity contribution is 5.80. The second-order valence-electron chi connectivity index (χ2n) is 3.56. The number of nitrogens with zero attached hydrogens (tertiary/aromatic N) is 1. The maximum atomic E-state index is 11.6. The Morgan fingerprint density at radius 2 is 2.38 bits per heavy atom. The standard InChI is InChI=1S/C9H18N2O2/c1-7(13-2)9(12)11-5-3-4-8(10)6-11/h7-8H,3-6,10H2,1-2H3. The van der Waals surface area contributed by atoms with Crippen LogP contribution in [0.5, 0.6) is 0 Å². The number of amides is 1. The van der Waals surface area contributed by atoms with Gasteiger partial charge in [0.2, 0.25) is 0 Å². The second-order valence-corrected chi connectivity index (χ2v) is 3.56. The highest BCUT2D eigenvalue weighted by atomic mass is 16.5. The topological polar surface area (TPSA) is 55.6 Å². The van der Waals surface area contributed by atoms with E-state index in [0.717, 1.165) is 19.4 Å². The van der Waals surface area contributed by atoms with E-state index >= 15 is 0 Å². The van der Waals surface area contributed by atoms with Gasteiger partial charge >= 0.3 is 0 Å². The lowest BCUT2D eigenvalue weighted by Gasteiger charge is -2.32. The van der Waals surface area contributed by atoms with Gasteiger partial charge in [0.05, 0.1) is 0 Å². The van der Waals surface area contributed by atoms with Gasteiger partial charge in [-0.3, -0.25) is 4.79 Å². The fourth-order valence-electron chi connectivity index (χ4n) is 1.57. The number of ether oxygens (including phenoxy) is 1. The molecule has 0 aliphatic carbocycles. The molecule has 0 saturated carbocycles. The number of likely N-dealkylation sites (tertiary alicyclic amines) is 1. The van der Waals surface area contributed by atoms with Crippen molar-refractivity contribution < 1.29 is 9.53 Å². The van der Waals surface area contributed by atoms with Gasteiger partial charge in [-0.2, -0.15) is 0 Å². The Labute approximate surface area is 79.0 Å². The third kappa shape index (κ3) is 2.67. The van der Waals surface area contributed by atoms with Crippen LogP contribution >= 0.6 is 0 Å². The molecule has 4 nitrogen and oxygen atoms in total. The molecule has 1 rings (SSSR count). The van der Waals surface area contributed by atoms with Crippen LogP contribution in [0.1, 0.15) is 19.8 Å². The maximum absolute atomic E-state index is 11.6. The molecule has 0 aromatic rings. The van der Waals surface area contributed by atoms with Gasteiger partial charge in [-0.05, 0) is 19.8 Å². The van der Waals surface area contributed by atoms with E-state index < -0.39 is 0 Å². The molecule has 0 radical (unpaired) electrons. The van der Waals surface area contributed by atoms with Gasteiger partial charge in [-0.25, -0.2) is 0 Å². The number of hydrogen-bond acceptors (Lipinski definition) is 3. The van der Waals surface area contributed by atoms with Gasteiger partial charge < -0.3 is 15.4 Å². The van der Waals surface area contributed by atoms with Crippen molar-refractivity contribution in [3.63, 3.8) is 0 Å². The van der Waals surface area contributed by atoms with Crippen molar-refractivity contribution in [1.29, 1.82) is 0 Å². The molecule has 0 bridgehead atoms. The minimum atomic E-state index is -0.342. The number of nitrogens with two attached hydrogens (primary N) is 1. The summed E-state index contributed by atoms with van der Waals surface area (Å²) in [5.74, 6) is 0.0534. The molecule has 0 aromatic carbocycles. The fourth-order valence-corrected chi connectivity index (χ4v) is 1.57. The van der Waals surface area contributed by atoms with E-state index in [1.807, 2.05) is 0 Å². The predicted molar refractivity (Wildman–Crippen MR) is 50.3 cm³/mol. The molecule has 1 amide bonds. The van der Waals surface area contributed by atoms with E-state index in [1.54, 1.807) is 18.9 Å². The predicted octanol–water partition coefficient (Wildman–Crippen LogP) is -0.0290. The van der Waals surface area contributed by atoms with Crippen molar-refractivity contribution >= 4 is 5.91 Å². The maximum Gasteiger partial charge on any atom is 0.251 e. The van der Waals surface area contributed by atoms with Crippen LogP contribution in [0.3, 0.4) is 0 Å². The number of methoxy groups -OCH3 is 1. The fraction of sp³-hybridized carbons (Fsp3) is 0.889. The van der Waals surface area contributed by atoms with E-state index in [4.69, 9.17) is 10.5 Å². The summed E-state index contributed by atoms with van der Waals surface area (Å²) in [6.45, 7) is 3.26. The van der Waals surface area contributed by atoms with Crippen LogP contribution < -0.4 is 5.73 Å². The summed E-state index contributed by atoms with van der Waals surface area (Å²) >= 11 is 0. The first-order chi connectivity index (χ1) is 6.15. The van der Waals surface area contributed by atoms with Gasteiger partial charge in [0.25, 0.3) is 5.91 Å². The first-order valence-corrected chi connectivity index (χ1v) is 4.72. The van der Waals surface area contributed by atoms with Gasteiger partial charge in [-0.1, -0.05) is 0 Å². The SMILES string of the molecule is COC(C)C(=O)N1CCCC(N)C1. The monoisotopic (exact) mass is 186 g/mol. The highest BCUT2D eigenvalue weighted by Crippen LogP contribution is 2.10. The molecule has 0 spiro atoms. The smallest absolute Gasteiger partial charge is 0.251 e. The zero-order chi connectivity index (χ0) is 9.84. The van der Waals surface area contributed by atoms with Gasteiger partial charge in [0.1, 0.15) is 6.10 Å². The second kappa shape index (κ2) is 4.58. The molecule has 13 heavy (non-hydrogen) atoms. The molecule has 4 heteroatoms.